The molecule has 1 unspecified atom stereocenters. The van der Waals surface area contributed by atoms with Gasteiger partial charge in [0, 0.05) is 16.8 Å². The number of hydrogen-bond donors (Lipinski definition) is 0. The third-order valence-corrected chi connectivity index (χ3v) is 3.71. The van der Waals surface area contributed by atoms with Gasteiger partial charge in [0.1, 0.15) is 0 Å². The lowest BCUT2D eigenvalue weighted by Gasteiger charge is -2.14. The highest BCUT2D eigenvalue weighted by Gasteiger charge is 2.28. The van der Waals surface area contributed by atoms with Crippen LogP contribution in [0.25, 0.3) is 10.8 Å². The first-order chi connectivity index (χ1) is 8.88. The number of rotatable bonds is 3. The largest absolute Gasteiger partial charge is 0.389 e. The summed E-state index contributed by atoms with van der Waals surface area (Å²) in [6.07, 6.45) is -5.22. The Hall–Kier alpha value is -0.930. The number of halogens is 5. The normalized spacial score (nSPS) is 13.7. The van der Waals surface area contributed by atoms with Gasteiger partial charge >= 0.3 is 6.18 Å². The van der Waals surface area contributed by atoms with Crippen molar-refractivity contribution in [3.8, 4) is 0 Å². The molecule has 0 amide bonds. The van der Waals surface area contributed by atoms with E-state index in [4.69, 9.17) is 23.2 Å². The van der Waals surface area contributed by atoms with E-state index in [2.05, 4.69) is 0 Å². The fraction of sp³-hybridized carbons (Fsp3) is 0.286. The van der Waals surface area contributed by atoms with Crippen molar-refractivity contribution >= 4 is 34.0 Å². The third kappa shape index (κ3) is 3.54. The van der Waals surface area contributed by atoms with Gasteiger partial charge in [-0.25, -0.2) is 0 Å². The van der Waals surface area contributed by atoms with E-state index in [9.17, 15) is 13.2 Å². The van der Waals surface area contributed by atoms with Crippen LogP contribution in [-0.2, 0) is 0 Å². The van der Waals surface area contributed by atoms with E-state index >= 15 is 0 Å². The Balaban J connectivity index is 2.32. The maximum absolute atomic E-state index is 12.2. The molecule has 0 bridgehead atoms. The Bertz CT molecular complexity index is 578. The number of hydrogen-bond acceptors (Lipinski definition) is 0. The van der Waals surface area contributed by atoms with Gasteiger partial charge in [-0.1, -0.05) is 41.9 Å². The Morgan fingerprint density at radius 3 is 2.26 bits per heavy atom. The molecule has 0 spiro atoms. The van der Waals surface area contributed by atoms with Crippen molar-refractivity contribution in [1.82, 2.24) is 0 Å². The lowest BCUT2D eigenvalue weighted by molar-refractivity contribution is -0.135. The minimum Gasteiger partial charge on any atom is -0.171 e. The first-order valence-electron chi connectivity index (χ1n) is 5.76. The van der Waals surface area contributed by atoms with E-state index in [0.717, 1.165) is 10.8 Å². The minimum absolute atomic E-state index is 0.142. The van der Waals surface area contributed by atoms with Crippen molar-refractivity contribution in [3.63, 3.8) is 0 Å². The van der Waals surface area contributed by atoms with E-state index in [1.54, 1.807) is 12.1 Å². The van der Waals surface area contributed by atoms with E-state index in [1.807, 2.05) is 24.3 Å². The molecule has 0 radical (unpaired) electrons. The highest BCUT2D eigenvalue weighted by Crippen LogP contribution is 2.37. The van der Waals surface area contributed by atoms with Crippen LogP contribution in [0.5, 0.6) is 0 Å². The monoisotopic (exact) mass is 306 g/mol. The molecule has 5 heteroatoms. The quantitative estimate of drug-likeness (QED) is 0.600. The predicted octanol–water partition coefficient (Wildman–Crippen LogP) is 6.12. The molecule has 0 N–H and O–H groups in total. The Morgan fingerprint density at radius 2 is 1.63 bits per heavy atom. The lowest BCUT2D eigenvalue weighted by Crippen LogP contribution is -2.08. The van der Waals surface area contributed by atoms with E-state index in [0.29, 0.717) is 10.6 Å². The molecule has 0 aromatic heterocycles. The average molecular weight is 307 g/mol. The van der Waals surface area contributed by atoms with Gasteiger partial charge in [0.15, 0.2) is 0 Å². The Kier molecular flexibility index (Phi) is 4.26. The van der Waals surface area contributed by atoms with Gasteiger partial charge < -0.3 is 0 Å². The molecule has 1 atom stereocenters. The summed E-state index contributed by atoms with van der Waals surface area (Å²) >= 11 is 12.2. The molecule has 2 aromatic rings. The number of fused-ring (bicyclic) bond motifs is 1. The van der Waals surface area contributed by atoms with Gasteiger partial charge in [0.05, 0.1) is 5.38 Å². The zero-order chi connectivity index (χ0) is 14.0. The molecule has 0 saturated heterocycles. The third-order valence-electron chi connectivity index (χ3n) is 2.92. The first kappa shape index (κ1) is 14.5. The summed E-state index contributed by atoms with van der Waals surface area (Å²) in [6, 6.07) is 10.7. The Morgan fingerprint density at radius 1 is 1.00 bits per heavy atom. The molecule has 0 saturated carbocycles. The average Bonchev–Trinajstić information content (AvgIpc) is 2.36. The summed E-state index contributed by atoms with van der Waals surface area (Å²) in [6.45, 7) is 0. The van der Waals surface area contributed by atoms with Gasteiger partial charge in [-0.3, -0.25) is 0 Å². The predicted molar refractivity (Wildman–Crippen MR) is 72.8 cm³/mol. The van der Waals surface area contributed by atoms with Gasteiger partial charge in [0.25, 0.3) is 0 Å². The summed E-state index contributed by atoms with van der Waals surface area (Å²) in [5.74, 6) is 0. The van der Waals surface area contributed by atoms with Crippen LogP contribution in [0.15, 0.2) is 36.4 Å². The summed E-state index contributed by atoms with van der Waals surface area (Å²) in [4.78, 5) is 0. The van der Waals surface area contributed by atoms with Gasteiger partial charge in [-0.2, -0.15) is 13.2 Å². The fourth-order valence-corrected chi connectivity index (χ4v) is 2.53. The van der Waals surface area contributed by atoms with E-state index in [1.165, 1.54) is 0 Å². The molecular formula is C14H11Cl2F3. The van der Waals surface area contributed by atoms with Crippen molar-refractivity contribution in [2.75, 3.05) is 0 Å². The van der Waals surface area contributed by atoms with E-state index in [-0.39, 0.29) is 6.42 Å². The molecule has 0 fully saturated rings. The second-order valence-corrected chi connectivity index (χ2v) is 5.24. The summed E-state index contributed by atoms with van der Waals surface area (Å²) < 4.78 is 36.7. The maximum atomic E-state index is 12.2. The van der Waals surface area contributed by atoms with Crippen molar-refractivity contribution in [1.29, 1.82) is 0 Å². The van der Waals surface area contributed by atoms with Crippen LogP contribution in [0.1, 0.15) is 23.8 Å². The second-order valence-electron chi connectivity index (χ2n) is 4.30. The standard InChI is InChI=1S/C14H11Cl2F3/c15-12-6-5-11(9-3-1-2-4-10(9)12)13(16)7-8-14(17,18)19/h1-6,13H,7-8H2. The maximum Gasteiger partial charge on any atom is 0.389 e. The van der Waals surface area contributed by atoms with Gasteiger partial charge in [0.2, 0.25) is 0 Å². The summed E-state index contributed by atoms with van der Waals surface area (Å²) in [7, 11) is 0. The molecule has 102 valence electrons. The summed E-state index contributed by atoms with van der Waals surface area (Å²) in [5, 5.41) is 1.50. The molecule has 0 aliphatic carbocycles. The second kappa shape index (κ2) is 5.59. The molecule has 19 heavy (non-hydrogen) atoms. The SMILES string of the molecule is FC(F)(F)CCC(Cl)c1ccc(Cl)c2ccccc12. The van der Waals surface area contributed by atoms with Crippen molar-refractivity contribution < 1.29 is 13.2 Å². The Labute approximate surface area is 119 Å². The molecule has 2 rings (SSSR count). The summed E-state index contributed by atoms with van der Waals surface area (Å²) in [5.41, 5.74) is 0.686. The zero-order valence-corrected chi connectivity index (χ0v) is 11.4. The minimum atomic E-state index is -4.19. The van der Waals surface area contributed by atoms with Crippen LogP contribution >= 0.6 is 23.2 Å². The molecule has 0 heterocycles. The highest BCUT2D eigenvalue weighted by atomic mass is 35.5. The van der Waals surface area contributed by atoms with Crippen LogP contribution in [0, 0.1) is 0 Å². The topological polar surface area (TPSA) is 0 Å². The van der Waals surface area contributed by atoms with Crippen LogP contribution in [0.4, 0.5) is 13.2 Å². The van der Waals surface area contributed by atoms with Crippen molar-refractivity contribution in [2.24, 2.45) is 0 Å². The highest BCUT2D eigenvalue weighted by molar-refractivity contribution is 6.35. The van der Waals surface area contributed by atoms with Gasteiger partial charge in [-0.15, -0.1) is 11.6 Å². The van der Waals surface area contributed by atoms with Crippen LogP contribution in [-0.4, -0.2) is 6.18 Å². The molecule has 0 aliphatic heterocycles. The lowest BCUT2D eigenvalue weighted by atomic mass is 9.99. The number of benzene rings is 2. The zero-order valence-electron chi connectivity index (χ0n) is 9.85. The van der Waals surface area contributed by atoms with Crippen molar-refractivity contribution in [3.05, 3.63) is 47.0 Å². The first-order valence-corrected chi connectivity index (χ1v) is 6.58. The molecule has 0 aliphatic rings. The number of alkyl halides is 4. The van der Waals surface area contributed by atoms with Crippen molar-refractivity contribution in [2.45, 2.75) is 24.4 Å². The van der Waals surface area contributed by atoms with Crippen LogP contribution in [0.2, 0.25) is 5.02 Å². The molecule has 0 nitrogen and oxygen atoms in total. The fourth-order valence-electron chi connectivity index (χ4n) is 2.00. The molecule has 2 aromatic carbocycles. The van der Waals surface area contributed by atoms with Crippen LogP contribution in [0.3, 0.4) is 0 Å². The smallest absolute Gasteiger partial charge is 0.171 e. The van der Waals surface area contributed by atoms with E-state index < -0.39 is 18.0 Å². The van der Waals surface area contributed by atoms with Crippen LogP contribution < -0.4 is 0 Å². The van der Waals surface area contributed by atoms with Gasteiger partial charge in [-0.05, 0) is 23.4 Å². The molecular weight excluding hydrogens is 296 g/mol.